The lowest BCUT2D eigenvalue weighted by molar-refractivity contribution is -0.121. The summed E-state index contributed by atoms with van der Waals surface area (Å²) in [5, 5.41) is 3.73. The smallest absolute Gasteiger partial charge is 0.224 e. The molecular weight excluding hydrogens is 330 g/mol. The van der Waals surface area contributed by atoms with Crippen molar-refractivity contribution in [2.45, 2.75) is 42.9 Å². The van der Waals surface area contributed by atoms with Gasteiger partial charge in [-0.25, -0.2) is 4.98 Å². The number of nitrogens with one attached hydrogen (secondary N) is 1. The predicted molar refractivity (Wildman–Crippen MR) is 104 cm³/mol. The van der Waals surface area contributed by atoms with E-state index in [0.717, 1.165) is 30.9 Å². The van der Waals surface area contributed by atoms with Gasteiger partial charge in [-0.05, 0) is 36.2 Å². The van der Waals surface area contributed by atoms with Gasteiger partial charge in [0, 0.05) is 35.5 Å². The monoisotopic (exact) mass is 355 g/mol. The van der Waals surface area contributed by atoms with Gasteiger partial charge in [0.15, 0.2) is 0 Å². The molecule has 4 nitrogen and oxygen atoms in total. The van der Waals surface area contributed by atoms with E-state index in [2.05, 4.69) is 53.3 Å². The molecule has 0 radical (unpaired) electrons. The third-order valence-corrected chi connectivity index (χ3v) is 5.20. The van der Waals surface area contributed by atoms with Crippen LogP contribution < -0.4 is 10.2 Å². The molecule has 1 aliphatic heterocycles. The number of carbonyl (C=O) groups is 1. The molecular formula is C20H25N3OS. The Morgan fingerprint density at radius 3 is 2.76 bits per heavy atom. The number of hydrogen-bond donors (Lipinski definition) is 1. The fourth-order valence-corrected chi connectivity index (χ4v) is 3.89. The average Bonchev–Trinajstić information content (AvgIpc) is 3.05. The molecule has 2 heterocycles. The van der Waals surface area contributed by atoms with Gasteiger partial charge in [-0.3, -0.25) is 4.79 Å². The first-order chi connectivity index (χ1) is 12.1. The Morgan fingerprint density at radius 1 is 1.28 bits per heavy atom. The van der Waals surface area contributed by atoms with E-state index in [9.17, 15) is 4.79 Å². The minimum Gasteiger partial charge on any atom is -0.354 e. The van der Waals surface area contributed by atoms with Crippen molar-refractivity contribution in [3.05, 3.63) is 54.2 Å². The highest BCUT2D eigenvalue weighted by Gasteiger charge is 2.24. The van der Waals surface area contributed by atoms with Gasteiger partial charge in [0.2, 0.25) is 5.91 Å². The molecule has 1 aromatic heterocycles. The van der Waals surface area contributed by atoms with Crippen LogP contribution in [0.1, 0.15) is 25.8 Å². The maximum atomic E-state index is 12.3. The lowest BCUT2D eigenvalue weighted by Gasteiger charge is -2.17. The van der Waals surface area contributed by atoms with Crippen LogP contribution >= 0.6 is 11.8 Å². The Morgan fingerprint density at radius 2 is 2.08 bits per heavy atom. The number of hydrogen-bond acceptors (Lipinski definition) is 4. The molecule has 1 saturated heterocycles. The number of benzene rings is 1. The number of carbonyl (C=O) groups excluding carboxylic acids is 1. The van der Waals surface area contributed by atoms with Gasteiger partial charge in [-0.15, -0.1) is 11.8 Å². The molecule has 132 valence electrons. The first kappa shape index (κ1) is 17.8. The number of amides is 1. The van der Waals surface area contributed by atoms with E-state index in [-0.39, 0.29) is 11.9 Å². The minimum absolute atomic E-state index is 0.0946. The summed E-state index contributed by atoms with van der Waals surface area (Å²) in [5.41, 5.74) is 1.06. The molecule has 25 heavy (non-hydrogen) atoms. The molecule has 1 aromatic carbocycles. The van der Waals surface area contributed by atoms with Crippen molar-refractivity contribution in [1.82, 2.24) is 10.3 Å². The number of thioether (sulfide) groups is 1. The topological polar surface area (TPSA) is 45.2 Å². The van der Waals surface area contributed by atoms with Gasteiger partial charge in [-0.2, -0.15) is 0 Å². The van der Waals surface area contributed by atoms with Crippen molar-refractivity contribution in [2.75, 3.05) is 18.0 Å². The number of nitrogens with zero attached hydrogens (tertiary/aromatic N) is 2. The summed E-state index contributed by atoms with van der Waals surface area (Å²) in [6, 6.07) is 14.4. The van der Waals surface area contributed by atoms with Crippen LogP contribution in [-0.4, -0.2) is 35.3 Å². The quantitative estimate of drug-likeness (QED) is 0.806. The zero-order valence-electron chi connectivity index (χ0n) is 14.8. The van der Waals surface area contributed by atoms with Crippen molar-refractivity contribution >= 4 is 23.5 Å². The van der Waals surface area contributed by atoms with Crippen molar-refractivity contribution in [3.63, 3.8) is 0 Å². The Balaban J connectivity index is 1.48. The fourth-order valence-electron chi connectivity index (χ4n) is 3.05. The van der Waals surface area contributed by atoms with Crippen LogP contribution in [0.2, 0.25) is 0 Å². The fraction of sp³-hybridized carbons (Fsp3) is 0.400. The zero-order valence-corrected chi connectivity index (χ0v) is 15.6. The number of aromatic nitrogens is 1. The Hall–Kier alpha value is -2.01. The van der Waals surface area contributed by atoms with E-state index in [1.54, 1.807) is 0 Å². The minimum atomic E-state index is 0.0946. The Kier molecular flexibility index (Phi) is 5.97. The molecule has 0 saturated carbocycles. The van der Waals surface area contributed by atoms with Gasteiger partial charge in [0.25, 0.3) is 0 Å². The first-order valence-corrected chi connectivity index (χ1v) is 9.69. The van der Waals surface area contributed by atoms with E-state index >= 15 is 0 Å². The predicted octanol–water partition coefficient (Wildman–Crippen LogP) is 3.52. The second-order valence-electron chi connectivity index (χ2n) is 6.67. The standard InChI is InChI=1S/C20H25N3OS/c1-15(2)25-18-8-6-16(7-9-18)13-20(24)22-17-10-12-23(14-17)19-5-3-4-11-21-19/h3-9,11,15,17H,10,12-14H2,1-2H3,(H,22,24). The molecule has 0 spiro atoms. The molecule has 1 N–H and O–H groups in total. The molecule has 1 amide bonds. The molecule has 3 rings (SSSR count). The Bertz CT molecular complexity index is 688. The summed E-state index contributed by atoms with van der Waals surface area (Å²) in [6.45, 7) is 6.12. The first-order valence-electron chi connectivity index (χ1n) is 8.81. The van der Waals surface area contributed by atoms with Gasteiger partial charge >= 0.3 is 0 Å². The van der Waals surface area contributed by atoms with E-state index < -0.39 is 0 Å². The lowest BCUT2D eigenvalue weighted by atomic mass is 10.1. The third kappa shape index (κ3) is 5.23. The van der Waals surface area contributed by atoms with Crippen molar-refractivity contribution in [1.29, 1.82) is 0 Å². The van der Waals surface area contributed by atoms with Crippen LogP contribution in [0.15, 0.2) is 53.6 Å². The largest absolute Gasteiger partial charge is 0.354 e. The van der Waals surface area contributed by atoms with Gasteiger partial charge in [0.1, 0.15) is 5.82 Å². The number of rotatable bonds is 6. The number of anilines is 1. The lowest BCUT2D eigenvalue weighted by Crippen LogP contribution is -2.38. The van der Waals surface area contributed by atoms with Gasteiger partial charge in [0.05, 0.1) is 6.42 Å². The number of pyridine rings is 1. The molecule has 1 fully saturated rings. The van der Waals surface area contributed by atoms with Crippen LogP contribution in [0.25, 0.3) is 0 Å². The second-order valence-corrected chi connectivity index (χ2v) is 8.32. The molecule has 0 bridgehead atoms. The highest BCUT2D eigenvalue weighted by atomic mass is 32.2. The normalized spacial score (nSPS) is 17.1. The summed E-state index contributed by atoms with van der Waals surface area (Å²) in [7, 11) is 0. The molecule has 1 aliphatic rings. The third-order valence-electron chi connectivity index (χ3n) is 4.19. The zero-order chi connectivity index (χ0) is 17.6. The molecule has 2 aromatic rings. The van der Waals surface area contributed by atoms with Crippen molar-refractivity contribution in [3.8, 4) is 0 Å². The van der Waals surface area contributed by atoms with Crippen LogP contribution in [0.3, 0.4) is 0 Å². The van der Waals surface area contributed by atoms with Crippen LogP contribution in [0.5, 0.6) is 0 Å². The summed E-state index contributed by atoms with van der Waals surface area (Å²) in [5.74, 6) is 1.08. The summed E-state index contributed by atoms with van der Waals surface area (Å²) >= 11 is 1.84. The van der Waals surface area contributed by atoms with Gasteiger partial charge in [-0.1, -0.05) is 32.0 Å². The Labute approximate surface area is 154 Å². The molecule has 5 heteroatoms. The highest BCUT2D eigenvalue weighted by molar-refractivity contribution is 7.99. The molecule has 1 atom stereocenters. The molecule has 1 unspecified atom stereocenters. The van der Waals surface area contributed by atoms with Gasteiger partial charge < -0.3 is 10.2 Å². The second kappa shape index (κ2) is 8.39. The summed E-state index contributed by atoms with van der Waals surface area (Å²) in [6.07, 6.45) is 3.21. The van der Waals surface area contributed by atoms with E-state index in [4.69, 9.17) is 0 Å². The van der Waals surface area contributed by atoms with E-state index in [1.807, 2.05) is 36.2 Å². The van der Waals surface area contributed by atoms with Crippen LogP contribution in [-0.2, 0) is 11.2 Å². The maximum Gasteiger partial charge on any atom is 0.224 e. The SMILES string of the molecule is CC(C)Sc1ccc(CC(=O)NC2CCN(c3ccccn3)C2)cc1. The summed E-state index contributed by atoms with van der Waals surface area (Å²) < 4.78 is 0. The average molecular weight is 356 g/mol. The van der Waals surface area contributed by atoms with Crippen LogP contribution in [0.4, 0.5) is 5.82 Å². The van der Waals surface area contributed by atoms with Crippen LogP contribution in [0, 0.1) is 0 Å². The van der Waals surface area contributed by atoms with Crippen molar-refractivity contribution in [2.24, 2.45) is 0 Å². The van der Waals surface area contributed by atoms with Crippen molar-refractivity contribution < 1.29 is 4.79 Å². The van der Waals surface area contributed by atoms with E-state index in [1.165, 1.54) is 4.90 Å². The molecule has 0 aliphatic carbocycles. The highest BCUT2D eigenvalue weighted by Crippen LogP contribution is 2.23. The van der Waals surface area contributed by atoms with E-state index in [0.29, 0.717) is 11.7 Å². The summed E-state index contributed by atoms with van der Waals surface area (Å²) in [4.78, 5) is 20.2. The maximum absolute atomic E-state index is 12.3.